The van der Waals surface area contributed by atoms with Gasteiger partial charge in [0.1, 0.15) is 0 Å². The molecule has 0 radical (unpaired) electrons. The van der Waals surface area contributed by atoms with E-state index in [1.54, 1.807) is 12.3 Å². The zero-order chi connectivity index (χ0) is 13.4. The van der Waals surface area contributed by atoms with Crippen molar-refractivity contribution in [2.24, 2.45) is 4.99 Å². The van der Waals surface area contributed by atoms with E-state index < -0.39 is 7.60 Å². The summed E-state index contributed by atoms with van der Waals surface area (Å²) >= 11 is 3.44. The lowest BCUT2D eigenvalue weighted by Gasteiger charge is -2.06. The number of allylic oxidation sites excluding steroid dienone is 1. The van der Waals surface area contributed by atoms with Crippen LogP contribution in [0.1, 0.15) is 5.56 Å². The second-order valence-corrected chi connectivity index (χ2v) is 6.29. The van der Waals surface area contributed by atoms with E-state index in [4.69, 9.17) is 9.05 Å². The molecule has 1 aromatic rings. The van der Waals surface area contributed by atoms with Gasteiger partial charge in [-0.25, -0.2) is 0 Å². The molecule has 0 saturated carbocycles. The summed E-state index contributed by atoms with van der Waals surface area (Å²) in [4.78, 5) is 4.20. The van der Waals surface area contributed by atoms with Crippen molar-refractivity contribution < 1.29 is 13.6 Å². The standard InChI is InChI=1S/C12H15BrNO3P/c1-16-18(15,17-2)9-5-8-14-10-11-6-3-4-7-12(11)13/h3-9H,10H2,1-2H3/b9-5+,14-8?. The summed E-state index contributed by atoms with van der Waals surface area (Å²) in [5.41, 5.74) is 1.09. The van der Waals surface area contributed by atoms with E-state index in [0.29, 0.717) is 6.54 Å². The van der Waals surface area contributed by atoms with Crippen molar-refractivity contribution in [3.63, 3.8) is 0 Å². The molecule has 0 aliphatic rings. The summed E-state index contributed by atoms with van der Waals surface area (Å²) in [6, 6.07) is 7.85. The maximum atomic E-state index is 11.6. The molecule has 0 aliphatic carbocycles. The summed E-state index contributed by atoms with van der Waals surface area (Å²) < 4.78 is 22.2. The molecule has 0 aliphatic heterocycles. The molecule has 0 N–H and O–H groups in total. The fourth-order valence-corrected chi connectivity index (χ4v) is 2.27. The first kappa shape index (κ1) is 15.3. The molecular weight excluding hydrogens is 317 g/mol. The molecular formula is C12H15BrNO3P. The molecule has 4 nitrogen and oxygen atoms in total. The number of hydrogen-bond donors (Lipinski definition) is 0. The topological polar surface area (TPSA) is 47.9 Å². The highest BCUT2D eigenvalue weighted by molar-refractivity contribution is 9.10. The molecule has 0 amide bonds. The third-order valence-electron chi connectivity index (χ3n) is 2.19. The van der Waals surface area contributed by atoms with Crippen LogP contribution in [-0.4, -0.2) is 20.4 Å². The highest BCUT2D eigenvalue weighted by atomic mass is 79.9. The van der Waals surface area contributed by atoms with Crippen LogP contribution >= 0.6 is 23.5 Å². The highest BCUT2D eigenvalue weighted by Crippen LogP contribution is 2.47. The lowest BCUT2D eigenvalue weighted by atomic mass is 10.2. The number of halogens is 1. The van der Waals surface area contributed by atoms with Crippen LogP contribution in [0.3, 0.4) is 0 Å². The number of aliphatic imine (C=N–C) groups is 1. The van der Waals surface area contributed by atoms with Crippen LogP contribution in [0.4, 0.5) is 0 Å². The van der Waals surface area contributed by atoms with Crippen molar-refractivity contribution >= 4 is 29.7 Å². The summed E-state index contributed by atoms with van der Waals surface area (Å²) in [6.45, 7) is 0.552. The molecule has 0 bridgehead atoms. The van der Waals surface area contributed by atoms with Crippen molar-refractivity contribution in [3.05, 3.63) is 46.2 Å². The third-order valence-corrected chi connectivity index (χ3v) is 4.52. The average molecular weight is 332 g/mol. The second-order valence-electron chi connectivity index (χ2n) is 3.33. The van der Waals surface area contributed by atoms with Crippen LogP contribution in [0.25, 0.3) is 0 Å². The minimum Gasteiger partial charge on any atom is -0.309 e. The predicted molar refractivity (Wildman–Crippen MR) is 77.1 cm³/mol. The molecule has 1 aromatic carbocycles. The Labute approximate surface area is 115 Å². The van der Waals surface area contributed by atoms with Crippen LogP contribution in [0.15, 0.2) is 45.6 Å². The van der Waals surface area contributed by atoms with Crippen molar-refractivity contribution in [1.82, 2.24) is 0 Å². The van der Waals surface area contributed by atoms with E-state index in [0.717, 1.165) is 10.0 Å². The van der Waals surface area contributed by atoms with Gasteiger partial charge >= 0.3 is 7.60 Å². The lowest BCUT2D eigenvalue weighted by Crippen LogP contribution is -1.84. The normalized spacial score (nSPS) is 12.6. The molecule has 6 heteroatoms. The van der Waals surface area contributed by atoms with Gasteiger partial charge in [0.25, 0.3) is 0 Å². The van der Waals surface area contributed by atoms with Crippen LogP contribution in [0, 0.1) is 0 Å². The predicted octanol–water partition coefficient (Wildman–Crippen LogP) is 4.02. The van der Waals surface area contributed by atoms with Crippen LogP contribution < -0.4 is 0 Å². The summed E-state index contributed by atoms with van der Waals surface area (Å²) in [7, 11) is -0.404. The maximum Gasteiger partial charge on any atom is 0.353 e. The third kappa shape index (κ3) is 4.86. The van der Waals surface area contributed by atoms with Gasteiger partial charge in [-0.1, -0.05) is 34.1 Å². The first-order valence-corrected chi connectivity index (χ1v) is 7.64. The summed E-state index contributed by atoms with van der Waals surface area (Å²) in [5.74, 6) is 1.37. The molecule has 0 atom stereocenters. The minimum absolute atomic E-state index is 0.552. The Morgan fingerprint density at radius 3 is 2.61 bits per heavy atom. The number of benzene rings is 1. The van der Waals surface area contributed by atoms with Gasteiger partial charge in [-0.3, -0.25) is 9.56 Å². The Bertz CT molecular complexity index is 480. The zero-order valence-electron chi connectivity index (χ0n) is 10.2. The van der Waals surface area contributed by atoms with Crippen molar-refractivity contribution in [1.29, 1.82) is 0 Å². The Morgan fingerprint density at radius 2 is 2.00 bits per heavy atom. The van der Waals surface area contributed by atoms with Gasteiger partial charge in [0.05, 0.1) is 6.54 Å². The van der Waals surface area contributed by atoms with Gasteiger partial charge in [-0.15, -0.1) is 0 Å². The fourth-order valence-electron chi connectivity index (χ4n) is 1.18. The second kappa shape index (κ2) is 7.64. The minimum atomic E-state index is -3.08. The van der Waals surface area contributed by atoms with Gasteiger partial charge in [-0.2, -0.15) is 0 Å². The lowest BCUT2D eigenvalue weighted by molar-refractivity contribution is 0.286. The average Bonchev–Trinajstić information content (AvgIpc) is 2.40. The zero-order valence-corrected chi connectivity index (χ0v) is 12.7. The van der Waals surface area contributed by atoms with Crippen molar-refractivity contribution in [2.75, 3.05) is 14.2 Å². The Hall–Kier alpha value is -0.740. The fraction of sp³-hybridized carbons (Fsp3) is 0.250. The Morgan fingerprint density at radius 1 is 1.33 bits per heavy atom. The molecule has 0 heterocycles. The van der Waals surface area contributed by atoms with Gasteiger partial charge < -0.3 is 9.05 Å². The number of rotatable bonds is 6. The molecule has 98 valence electrons. The smallest absolute Gasteiger partial charge is 0.309 e. The first-order chi connectivity index (χ1) is 8.61. The van der Waals surface area contributed by atoms with E-state index in [1.807, 2.05) is 24.3 Å². The molecule has 0 unspecified atom stereocenters. The van der Waals surface area contributed by atoms with Crippen LogP contribution in [-0.2, 0) is 20.2 Å². The first-order valence-electron chi connectivity index (χ1n) is 5.23. The van der Waals surface area contributed by atoms with Gasteiger partial charge in [-0.05, 0) is 17.7 Å². The molecule has 18 heavy (non-hydrogen) atoms. The quantitative estimate of drug-likeness (QED) is 0.584. The Balaban J connectivity index is 2.55. The van der Waals surface area contributed by atoms with E-state index in [9.17, 15) is 4.57 Å². The number of hydrogen-bond acceptors (Lipinski definition) is 4. The summed E-state index contributed by atoms with van der Waals surface area (Å²) in [6.07, 6.45) is 3.13. The molecule has 0 aromatic heterocycles. The van der Waals surface area contributed by atoms with Gasteiger partial charge in [0, 0.05) is 30.7 Å². The van der Waals surface area contributed by atoms with E-state index in [-0.39, 0.29) is 0 Å². The van der Waals surface area contributed by atoms with Gasteiger partial charge in [0.2, 0.25) is 0 Å². The number of nitrogens with zero attached hydrogens (tertiary/aromatic N) is 1. The monoisotopic (exact) mass is 331 g/mol. The maximum absolute atomic E-state index is 11.6. The van der Waals surface area contributed by atoms with E-state index >= 15 is 0 Å². The van der Waals surface area contributed by atoms with E-state index in [1.165, 1.54) is 20.0 Å². The van der Waals surface area contributed by atoms with Crippen molar-refractivity contribution in [3.8, 4) is 0 Å². The van der Waals surface area contributed by atoms with Crippen LogP contribution in [0.5, 0.6) is 0 Å². The molecule has 0 spiro atoms. The van der Waals surface area contributed by atoms with Crippen molar-refractivity contribution in [2.45, 2.75) is 6.54 Å². The van der Waals surface area contributed by atoms with E-state index in [2.05, 4.69) is 20.9 Å². The van der Waals surface area contributed by atoms with Gasteiger partial charge in [0.15, 0.2) is 0 Å². The molecule has 0 saturated heterocycles. The highest BCUT2D eigenvalue weighted by Gasteiger charge is 2.14. The summed E-state index contributed by atoms with van der Waals surface area (Å²) in [5, 5.41) is 0. The molecule has 1 rings (SSSR count). The Kier molecular flexibility index (Phi) is 6.50. The molecule has 0 fully saturated rings. The largest absolute Gasteiger partial charge is 0.353 e. The SMILES string of the molecule is COP(=O)(/C=C/C=NCc1ccccc1Br)OC. The van der Waals surface area contributed by atoms with Crippen LogP contribution in [0.2, 0.25) is 0 Å².